The topological polar surface area (TPSA) is 64.0 Å². The molecule has 0 fully saturated rings. The standard InChI is InChI=1S/C18H17N3O2/c1-2-21-16(11-14-5-3-4-6-15(14)18(21)23)17(22)20-12-13-7-9-19-10-8-13/h3-11H,2,12H2,1H3,(H,20,22). The van der Waals surface area contributed by atoms with E-state index in [0.29, 0.717) is 24.2 Å². The summed E-state index contributed by atoms with van der Waals surface area (Å²) in [5.41, 5.74) is 1.20. The second-order valence-electron chi connectivity index (χ2n) is 5.20. The fraction of sp³-hybridized carbons (Fsp3) is 0.167. The monoisotopic (exact) mass is 307 g/mol. The van der Waals surface area contributed by atoms with Gasteiger partial charge in [-0.25, -0.2) is 0 Å². The van der Waals surface area contributed by atoms with E-state index in [1.54, 1.807) is 24.5 Å². The minimum atomic E-state index is -0.258. The number of rotatable bonds is 4. The highest BCUT2D eigenvalue weighted by atomic mass is 16.2. The zero-order chi connectivity index (χ0) is 16.2. The SMILES string of the molecule is CCn1c(C(=O)NCc2ccncc2)cc2ccccc2c1=O. The van der Waals surface area contributed by atoms with Crippen molar-refractivity contribution in [1.29, 1.82) is 0 Å². The summed E-state index contributed by atoms with van der Waals surface area (Å²) in [6.45, 7) is 2.70. The highest BCUT2D eigenvalue weighted by Gasteiger charge is 2.14. The first-order valence-electron chi connectivity index (χ1n) is 7.50. The number of carbonyl (C=O) groups excluding carboxylic acids is 1. The average Bonchev–Trinajstić information content (AvgIpc) is 2.60. The van der Waals surface area contributed by atoms with Crippen LogP contribution in [-0.2, 0) is 13.1 Å². The summed E-state index contributed by atoms with van der Waals surface area (Å²) in [7, 11) is 0. The number of hydrogen-bond acceptors (Lipinski definition) is 3. The molecule has 5 heteroatoms. The third-order valence-electron chi connectivity index (χ3n) is 3.77. The Hall–Kier alpha value is -2.95. The van der Waals surface area contributed by atoms with Gasteiger partial charge in [0.25, 0.3) is 11.5 Å². The fourth-order valence-electron chi connectivity index (χ4n) is 2.57. The van der Waals surface area contributed by atoms with Crippen molar-refractivity contribution in [3.8, 4) is 0 Å². The van der Waals surface area contributed by atoms with Crippen LogP contribution in [0.2, 0.25) is 0 Å². The molecule has 1 amide bonds. The van der Waals surface area contributed by atoms with Gasteiger partial charge in [0.15, 0.2) is 0 Å². The summed E-state index contributed by atoms with van der Waals surface area (Å²) >= 11 is 0. The van der Waals surface area contributed by atoms with E-state index in [4.69, 9.17) is 0 Å². The van der Waals surface area contributed by atoms with Crippen LogP contribution in [0.3, 0.4) is 0 Å². The summed E-state index contributed by atoms with van der Waals surface area (Å²) in [6.07, 6.45) is 3.36. The summed E-state index contributed by atoms with van der Waals surface area (Å²) in [4.78, 5) is 29.0. The van der Waals surface area contributed by atoms with E-state index in [1.165, 1.54) is 4.57 Å². The van der Waals surface area contributed by atoms with Gasteiger partial charge in [-0.15, -0.1) is 0 Å². The molecule has 3 aromatic rings. The first-order valence-corrected chi connectivity index (χ1v) is 7.50. The van der Waals surface area contributed by atoms with E-state index < -0.39 is 0 Å². The maximum Gasteiger partial charge on any atom is 0.268 e. The van der Waals surface area contributed by atoms with Crippen molar-refractivity contribution in [2.24, 2.45) is 0 Å². The molecule has 2 aromatic heterocycles. The van der Waals surface area contributed by atoms with E-state index in [0.717, 1.165) is 10.9 Å². The van der Waals surface area contributed by atoms with Crippen molar-refractivity contribution < 1.29 is 4.79 Å². The smallest absolute Gasteiger partial charge is 0.268 e. The van der Waals surface area contributed by atoms with E-state index in [9.17, 15) is 9.59 Å². The molecule has 116 valence electrons. The number of pyridine rings is 2. The zero-order valence-electron chi connectivity index (χ0n) is 12.8. The Kier molecular flexibility index (Phi) is 4.19. The normalized spacial score (nSPS) is 10.7. The van der Waals surface area contributed by atoms with Crippen LogP contribution in [0, 0.1) is 0 Å². The molecule has 0 radical (unpaired) electrons. The molecular formula is C18H17N3O2. The summed E-state index contributed by atoms with van der Waals surface area (Å²) in [5, 5.41) is 4.25. The van der Waals surface area contributed by atoms with E-state index in [2.05, 4.69) is 10.3 Å². The van der Waals surface area contributed by atoms with Crippen LogP contribution in [0.5, 0.6) is 0 Å². The molecule has 23 heavy (non-hydrogen) atoms. The van der Waals surface area contributed by atoms with Crippen LogP contribution < -0.4 is 10.9 Å². The first kappa shape index (κ1) is 15.0. The molecule has 0 aliphatic rings. The van der Waals surface area contributed by atoms with Crippen LogP contribution in [0.15, 0.2) is 59.7 Å². The number of fused-ring (bicyclic) bond motifs is 1. The van der Waals surface area contributed by atoms with Gasteiger partial charge in [-0.1, -0.05) is 18.2 Å². The Morgan fingerprint density at radius 2 is 1.91 bits per heavy atom. The van der Waals surface area contributed by atoms with Gasteiger partial charge < -0.3 is 9.88 Å². The van der Waals surface area contributed by atoms with Gasteiger partial charge >= 0.3 is 0 Å². The highest BCUT2D eigenvalue weighted by molar-refractivity contribution is 5.96. The van der Waals surface area contributed by atoms with Crippen molar-refractivity contribution in [2.75, 3.05) is 0 Å². The quantitative estimate of drug-likeness (QED) is 0.804. The molecule has 0 aliphatic heterocycles. The lowest BCUT2D eigenvalue weighted by atomic mass is 10.1. The number of carbonyl (C=O) groups is 1. The summed E-state index contributed by atoms with van der Waals surface area (Å²) in [5.74, 6) is -0.258. The Balaban J connectivity index is 1.95. The van der Waals surface area contributed by atoms with Crippen LogP contribution in [0.25, 0.3) is 10.8 Å². The molecule has 0 unspecified atom stereocenters. The van der Waals surface area contributed by atoms with Gasteiger partial charge in [0.2, 0.25) is 0 Å². The van der Waals surface area contributed by atoms with Crippen LogP contribution in [-0.4, -0.2) is 15.5 Å². The molecule has 0 saturated heterocycles. The van der Waals surface area contributed by atoms with Crippen molar-refractivity contribution >= 4 is 16.7 Å². The lowest BCUT2D eigenvalue weighted by molar-refractivity contribution is 0.0940. The third-order valence-corrected chi connectivity index (χ3v) is 3.77. The van der Waals surface area contributed by atoms with Crippen molar-refractivity contribution in [2.45, 2.75) is 20.0 Å². The van der Waals surface area contributed by atoms with Gasteiger partial charge in [0, 0.05) is 30.9 Å². The summed E-state index contributed by atoms with van der Waals surface area (Å²) in [6, 6.07) is 12.8. The van der Waals surface area contributed by atoms with Gasteiger partial charge in [-0.3, -0.25) is 14.6 Å². The van der Waals surface area contributed by atoms with Gasteiger partial charge in [-0.05, 0) is 42.1 Å². The molecule has 1 N–H and O–H groups in total. The molecule has 5 nitrogen and oxygen atoms in total. The molecule has 2 heterocycles. The van der Waals surface area contributed by atoms with Crippen LogP contribution in [0.4, 0.5) is 0 Å². The molecule has 0 atom stereocenters. The number of aromatic nitrogens is 2. The van der Waals surface area contributed by atoms with Crippen molar-refractivity contribution in [1.82, 2.24) is 14.9 Å². The van der Waals surface area contributed by atoms with Crippen molar-refractivity contribution in [3.63, 3.8) is 0 Å². The highest BCUT2D eigenvalue weighted by Crippen LogP contribution is 2.12. The predicted octanol–water partition coefficient (Wildman–Crippen LogP) is 2.35. The van der Waals surface area contributed by atoms with Crippen LogP contribution in [0.1, 0.15) is 23.0 Å². The maximum absolute atomic E-state index is 12.5. The molecule has 1 aromatic carbocycles. The average molecular weight is 307 g/mol. The Morgan fingerprint density at radius 3 is 2.65 bits per heavy atom. The molecule has 3 rings (SSSR count). The minimum absolute atomic E-state index is 0.139. The largest absolute Gasteiger partial charge is 0.347 e. The second-order valence-corrected chi connectivity index (χ2v) is 5.20. The van der Waals surface area contributed by atoms with Crippen LogP contribution >= 0.6 is 0 Å². The maximum atomic E-state index is 12.5. The number of nitrogens with one attached hydrogen (secondary N) is 1. The lowest BCUT2D eigenvalue weighted by Gasteiger charge is -2.13. The molecule has 0 aliphatic carbocycles. The lowest BCUT2D eigenvalue weighted by Crippen LogP contribution is -2.31. The second kappa shape index (κ2) is 6.44. The van der Waals surface area contributed by atoms with Gasteiger partial charge in [0.05, 0.1) is 0 Å². The number of nitrogens with zero attached hydrogens (tertiary/aromatic N) is 2. The van der Waals surface area contributed by atoms with Gasteiger partial charge in [-0.2, -0.15) is 0 Å². The fourth-order valence-corrected chi connectivity index (χ4v) is 2.57. The molecule has 0 spiro atoms. The first-order chi connectivity index (χ1) is 11.2. The zero-order valence-corrected chi connectivity index (χ0v) is 12.8. The predicted molar refractivity (Wildman–Crippen MR) is 89.3 cm³/mol. The molecular weight excluding hydrogens is 290 g/mol. The Bertz CT molecular complexity index is 901. The third kappa shape index (κ3) is 2.99. The minimum Gasteiger partial charge on any atom is -0.347 e. The van der Waals surface area contributed by atoms with E-state index >= 15 is 0 Å². The molecule has 0 saturated carbocycles. The summed E-state index contributed by atoms with van der Waals surface area (Å²) < 4.78 is 1.50. The number of amides is 1. The molecule has 0 bridgehead atoms. The Labute approximate surface area is 133 Å². The number of hydrogen-bond donors (Lipinski definition) is 1. The number of benzene rings is 1. The van der Waals surface area contributed by atoms with E-state index in [-0.39, 0.29) is 11.5 Å². The van der Waals surface area contributed by atoms with Crippen molar-refractivity contribution in [3.05, 3.63) is 76.5 Å². The van der Waals surface area contributed by atoms with E-state index in [1.807, 2.05) is 37.3 Å². The Morgan fingerprint density at radius 1 is 1.17 bits per heavy atom. The van der Waals surface area contributed by atoms with Gasteiger partial charge in [0.1, 0.15) is 5.69 Å².